The van der Waals surface area contributed by atoms with Gasteiger partial charge in [0.25, 0.3) is 5.78 Å². The number of nitrogens with zero attached hydrogens (tertiary/aromatic N) is 6. The van der Waals surface area contributed by atoms with Gasteiger partial charge in [-0.3, -0.25) is 9.69 Å². The Kier molecular flexibility index (Phi) is 5.74. The molecule has 0 saturated carbocycles. The maximum Gasteiger partial charge on any atom is 0.252 e. The Hall–Kier alpha value is -1.77. The van der Waals surface area contributed by atoms with Crippen LogP contribution in [0.2, 0.25) is 0 Å². The van der Waals surface area contributed by atoms with Gasteiger partial charge < -0.3 is 10.2 Å². The van der Waals surface area contributed by atoms with E-state index in [4.69, 9.17) is 0 Å². The molecule has 1 unspecified atom stereocenters. The smallest absolute Gasteiger partial charge is 0.252 e. The number of hydrogen-bond donors (Lipinski definition) is 1. The number of hydrogen-bond acceptors (Lipinski definition) is 6. The van der Waals surface area contributed by atoms with Crippen LogP contribution in [-0.2, 0) is 11.2 Å². The summed E-state index contributed by atoms with van der Waals surface area (Å²) in [5.74, 6) is 1.24. The molecular formula is C17H26ClN7O. The summed E-state index contributed by atoms with van der Waals surface area (Å²) in [6.07, 6.45) is 1.31. The van der Waals surface area contributed by atoms with E-state index in [1.165, 1.54) is 0 Å². The van der Waals surface area contributed by atoms with Gasteiger partial charge >= 0.3 is 0 Å². The van der Waals surface area contributed by atoms with Gasteiger partial charge in [-0.15, -0.1) is 17.5 Å². The van der Waals surface area contributed by atoms with Crippen molar-refractivity contribution < 1.29 is 4.79 Å². The number of fused-ring (bicyclic) bond motifs is 1. The lowest BCUT2D eigenvalue weighted by molar-refractivity contribution is -0.129. The number of piperazine rings is 1. The Morgan fingerprint density at radius 2 is 2.00 bits per heavy atom. The van der Waals surface area contributed by atoms with Gasteiger partial charge in [0, 0.05) is 56.7 Å². The highest BCUT2D eigenvalue weighted by atomic mass is 35.5. The van der Waals surface area contributed by atoms with Gasteiger partial charge in [0.05, 0.1) is 6.42 Å². The summed E-state index contributed by atoms with van der Waals surface area (Å²) in [5, 5.41) is 7.83. The van der Waals surface area contributed by atoms with Crippen LogP contribution in [0.25, 0.3) is 5.78 Å². The van der Waals surface area contributed by atoms with Gasteiger partial charge in [0.2, 0.25) is 5.91 Å². The van der Waals surface area contributed by atoms with Crippen molar-refractivity contribution in [3.63, 3.8) is 0 Å². The van der Waals surface area contributed by atoms with Gasteiger partial charge in [0.1, 0.15) is 0 Å². The van der Waals surface area contributed by atoms with Gasteiger partial charge in [-0.2, -0.15) is 4.98 Å². The standard InChI is InChI=1S/C17H25N7O.ClH/c1-12-9-13(2)24-17(19-12)20-15(21-24)10-16(25)23-6-3-14(11-23)22-7-4-18-5-8-22;/h9,14,18H,3-8,10-11H2,1-2H3;1H. The van der Waals surface area contributed by atoms with Crippen LogP contribution in [0.5, 0.6) is 0 Å². The van der Waals surface area contributed by atoms with Crippen molar-refractivity contribution in [2.45, 2.75) is 32.7 Å². The van der Waals surface area contributed by atoms with Gasteiger partial charge in [-0.05, 0) is 26.3 Å². The summed E-state index contributed by atoms with van der Waals surface area (Å²) in [5.41, 5.74) is 1.89. The summed E-state index contributed by atoms with van der Waals surface area (Å²) < 4.78 is 1.71. The third-order valence-corrected chi connectivity index (χ3v) is 5.16. The van der Waals surface area contributed by atoms with E-state index in [-0.39, 0.29) is 24.7 Å². The minimum absolute atomic E-state index is 0. The van der Waals surface area contributed by atoms with E-state index >= 15 is 0 Å². The minimum atomic E-state index is 0. The molecule has 2 aromatic rings. The second-order valence-electron chi connectivity index (χ2n) is 7.02. The first-order valence-corrected chi connectivity index (χ1v) is 9.02. The number of amides is 1. The number of rotatable bonds is 3. The third kappa shape index (κ3) is 3.82. The SMILES string of the molecule is Cc1cc(C)n2nc(CC(=O)N3CCC(N4CCNCC4)C3)nc2n1.Cl. The predicted octanol–water partition coefficient (Wildman–Crippen LogP) is 0.212. The molecule has 142 valence electrons. The fourth-order valence-corrected chi connectivity index (χ4v) is 3.84. The second kappa shape index (κ2) is 7.85. The van der Waals surface area contributed by atoms with E-state index in [0.717, 1.165) is 57.1 Å². The van der Waals surface area contributed by atoms with Crippen LogP contribution in [0.3, 0.4) is 0 Å². The first-order chi connectivity index (χ1) is 12.1. The molecule has 0 aliphatic carbocycles. The van der Waals surface area contributed by atoms with E-state index in [2.05, 4.69) is 25.3 Å². The van der Waals surface area contributed by atoms with Crippen LogP contribution in [0, 0.1) is 13.8 Å². The molecule has 2 aliphatic heterocycles. The topological polar surface area (TPSA) is 78.7 Å². The summed E-state index contributed by atoms with van der Waals surface area (Å²) in [6, 6.07) is 2.46. The van der Waals surface area contributed by atoms with Gasteiger partial charge in [-0.25, -0.2) is 9.50 Å². The first kappa shape index (κ1) is 19.0. The number of carbonyl (C=O) groups is 1. The zero-order valence-electron chi connectivity index (χ0n) is 15.3. The Balaban J connectivity index is 0.00000196. The molecule has 0 spiro atoms. The number of aryl methyl sites for hydroxylation is 2. The summed E-state index contributed by atoms with van der Waals surface area (Å²) in [7, 11) is 0. The lowest BCUT2D eigenvalue weighted by Gasteiger charge is -2.32. The molecule has 8 nitrogen and oxygen atoms in total. The van der Waals surface area contributed by atoms with Crippen molar-refractivity contribution in [1.29, 1.82) is 0 Å². The summed E-state index contributed by atoms with van der Waals surface area (Å²) >= 11 is 0. The summed E-state index contributed by atoms with van der Waals surface area (Å²) in [6.45, 7) is 9.80. The Bertz CT molecular complexity index is 787. The highest BCUT2D eigenvalue weighted by Gasteiger charge is 2.31. The van der Waals surface area contributed by atoms with Gasteiger partial charge in [0.15, 0.2) is 5.82 Å². The third-order valence-electron chi connectivity index (χ3n) is 5.16. The first-order valence-electron chi connectivity index (χ1n) is 9.02. The fourth-order valence-electron chi connectivity index (χ4n) is 3.84. The summed E-state index contributed by atoms with van der Waals surface area (Å²) in [4.78, 5) is 25.9. The largest absolute Gasteiger partial charge is 0.341 e. The normalized spacial score (nSPS) is 21.2. The molecule has 0 aromatic carbocycles. The molecule has 2 fully saturated rings. The van der Waals surface area contributed by atoms with Crippen LogP contribution >= 0.6 is 12.4 Å². The molecule has 2 saturated heterocycles. The van der Waals surface area contributed by atoms with E-state index in [0.29, 0.717) is 17.6 Å². The highest BCUT2D eigenvalue weighted by Crippen LogP contribution is 2.17. The molecule has 2 aliphatic rings. The van der Waals surface area contributed by atoms with Crippen LogP contribution in [-0.4, -0.2) is 80.6 Å². The zero-order chi connectivity index (χ0) is 17.4. The average molecular weight is 380 g/mol. The highest BCUT2D eigenvalue weighted by molar-refractivity contribution is 5.85. The number of nitrogens with one attached hydrogen (secondary N) is 1. The van der Waals surface area contributed by atoms with Crippen LogP contribution in [0.1, 0.15) is 23.6 Å². The molecule has 1 N–H and O–H groups in total. The molecule has 9 heteroatoms. The molecule has 26 heavy (non-hydrogen) atoms. The molecule has 4 heterocycles. The monoisotopic (exact) mass is 379 g/mol. The average Bonchev–Trinajstić information content (AvgIpc) is 3.22. The lowest BCUT2D eigenvalue weighted by Crippen LogP contribution is -2.49. The fraction of sp³-hybridized carbons (Fsp3) is 0.647. The number of likely N-dealkylation sites (tertiary alicyclic amines) is 1. The second-order valence-corrected chi connectivity index (χ2v) is 7.02. The van der Waals surface area contributed by atoms with E-state index in [1.54, 1.807) is 4.52 Å². The number of aromatic nitrogens is 4. The van der Waals surface area contributed by atoms with Crippen LogP contribution in [0.4, 0.5) is 0 Å². The van der Waals surface area contributed by atoms with Crippen molar-refractivity contribution >= 4 is 24.1 Å². The van der Waals surface area contributed by atoms with E-state index in [9.17, 15) is 4.79 Å². The molecule has 0 radical (unpaired) electrons. The van der Waals surface area contributed by atoms with E-state index in [1.807, 2.05) is 24.8 Å². The Labute approximate surface area is 159 Å². The molecule has 1 atom stereocenters. The maximum absolute atomic E-state index is 12.7. The zero-order valence-corrected chi connectivity index (χ0v) is 16.1. The van der Waals surface area contributed by atoms with Crippen LogP contribution in [0.15, 0.2) is 6.07 Å². The molecule has 1 amide bonds. The predicted molar refractivity (Wildman–Crippen MR) is 101 cm³/mol. The van der Waals surface area contributed by atoms with Crippen molar-refractivity contribution in [2.75, 3.05) is 39.3 Å². The maximum atomic E-state index is 12.7. The lowest BCUT2D eigenvalue weighted by atomic mass is 10.2. The molecule has 2 aromatic heterocycles. The van der Waals surface area contributed by atoms with Crippen molar-refractivity contribution in [3.8, 4) is 0 Å². The van der Waals surface area contributed by atoms with Crippen molar-refractivity contribution in [1.82, 2.24) is 34.7 Å². The Morgan fingerprint density at radius 1 is 1.23 bits per heavy atom. The van der Waals surface area contributed by atoms with Gasteiger partial charge in [-0.1, -0.05) is 0 Å². The van der Waals surface area contributed by atoms with Crippen molar-refractivity contribution in [2.24, 2.45) is 0 Å². The number of halogens is 1. The van der Waals surface area contributed by atoms with Crippen LogP contribution < -0.4 is 5.32 Å². The number of carbonyl (C=O) groups excluding carboxylic acids is 1. The molecular weight excluding hydrogens is 354 g/mol. The Morgan fingerprint density at radius 3 is 2.77 bits per heavy atom. The quantitative estimate of drug-likeness (QED) is 0.821. The van der Waals surface area contributed by atoms with E-state index < -0.39 is 0 Å². The molecule has 0 bridgehead atoms. The minimum Gasteiger partial charge on any atom is -0.341 e. The van der Waals surface area contributed by atoms with Crippen molar-refractivity contribution in [3.05, 3.63) is 23.3 Å². The molecule has 4 rings (SSSR count).